The Bertz CT molecular complexity index is 1150. The third-order valence-electron chi connectivity index (χ3n) is 9.79. The fourth-order valence-corrected chi connectivity index (χ4v) is 7.20. The van der Waals surface area contributed by atoms with Crippen molar-refractivity contribution < 1.29 is 57.6 Å². The molecule has 0 aromatic heterocycles. The summed E-state index contributed by atoms with van der Waals surface area (Å²) in [6.45, 7) is 3.29. The van der Waals surface area contributed by atoms with E-state index in [1.165, 1.54) is 38.5 Å². The molecule has 14 heteroatoms. The van der Waals surface area contributed by atoms with Crippen LogP contribution in [0.15, 0.2) is 36.5 Å². The van der Waals surface area contributed by atoms with E-state index < -0.39 is 57.1 Å². The number of hydrogen-bond acceptors (Lipinski definition) is 12. The number of hydrogen-bond donors (Lipinski definition) is 5. The van der Waals surface area contributed by atoms with Gasteiger partial charge in [0.1, 0.15) is 6.61 Å². The molecular weight excluding hydrogens is 753 g/mol. The number of aliphatic hydroxyl groups is 3. The van der Waals surface area contributed by atoms with E-state index in [1.54, 1.807) is 12.2 Å². The van der Waals surface area contributed by atoms with Gasteiger partial charge in [-0.15, -0.1) is 0 Å². The van der Waals surface area contributed by atoms with E-state index >= 15 is 0 Å². The average molecular weight is 832 g/mol. The highest BCUT2D eigenvalue weighted by atomic mass is 31.2. The SMILES string of the molecule is CCCCCCCC/C=C\CCCCCCCC(=O)OC[C@H](COP(=O)(O)OCCN)OC(=O)CCC/C=C\C[C@H]1[C@@H](O)CC(O)O[C@@H]1/C=C/[C@@H](O)CCCCC. The molecule has 0 bridgehead atoms. The molecule has 1 aliphatic rings. The number of phosphoric ester groups is 1. The van der Waals surface area contributed by atoms with Crippen LogP contribution in [0.5, 0.6) is 0 Å². The molecule has 7 atom stereocenters. The first-order valence-corrected chi connectivity index (χ1v) is 23.4. The molecule has 6 N–H and O–H groups in total. The number of nitrogens with two attached hydrogens (primary N) is 1. The molecular formula is C43H78NO12P. The van der Waals surface area contributed by atoms with Gasteiger partial charge < -0.3 is 40.2 Å². The first-order chi connectivity index (χ1) is 27.5. The third kappa shape index (κ3) is 29.9. The van der Waals surface area contributed by atoms with Crippen molar-refractivity contribution in [2.24, 2.45) is 11.7 Å². The van der Waals surface area contributed by atoms with Gasteiger partial charge in [0.05, 0.1) is 31.5 Å². The average Bonchev–Trinajstić information content (AvgIpc) is 3.17. The molecule has 1 aliphatic heterocycles. The fraction of sp³-hybridized carbons (Fsp3) is 0.814. The van der Waals surface area contributed by atoms with Gasteiger partial charge in [-0.25, -0.2) is 4.57 Å². The first-order valence-electron chi connectivity index (χ1n) is 21.9. The van der Waals surface area contributed by atoms with Gasteiger partial charge >= 0.3 is 19.8 Å². The van der Waals surface area contributed by atoms with Crippen LogP contribution < -0.4 is 5.73 Å². The second kappa shape index (κ2) is 34.9. The molecule has 0 aliphatic carbocycles. The van der Waals surface area contributed by atoms with Gasteiger partial charge in [0, 0.05) is 31.7 Å². The van der Waals surface area contributed by atoms with Crippen molar-refractivity contribution in [3.63, 3.8) is 0 Å². The van der Waals surface area contributed by atoms with Crippen LogP contribution in [0.3, 0.4) is 0 Å². The lowest BCUT2D eigenvalue weighted by molar-refractivity contribution is -0.199. The Kier molecular flexibility index (Phi) is 32.5. The second-order valence-electron chi connectivity index (χ2n) is 15.1. The minimum absolute atomic E-state index is 0.00778. The number of esters is 2. The number of unbranched alkanes of at least 4 members (excludes halogenated alkanes) is 14. The molecule has 13 nitrogen and oxygen atoms in total. The maximum absolute atomic E-state index is 12.7. The predicted octanol–water partition coefficient (Wildman–Crippen LogP) is 8.27. The minimum atomic E-state index is -4.46. The summed E-state index contributed by atoms with van der Waals surface area (Å²) in [5.41, 5.74) is 5.34. The smallest absolute Gasteiger partial charge is 0.462 e. The maximum Gasteiger partial charge on any atom is 0.472 e. The van der Waals surface area contributed by atoms with E-state index in [0.29, 0.717) is 32.1 Å². The van der Waals surface area contributed by atoms with Gasteiger partial charge in [-0.05, 0) is 57.8 Å². The molecule has 1 heterocycles. The van der Waals surface area contributed by atoms with Crippen LogP contribution >= 0.6 is 7.82 Å². The number of rotatable bonds is 36. The maximum atomic E-state index is 12.7. The summed E-state index contributed by atoms with van der Waals surface area (Å²) in [7, 11) is -4.46. The quantitative estimate of drug-likeness (QED) is 0.0175. The summed E-state index contributed by atoms with van der Waals surface area (Å²) in [4.78, 5) is 35.1. The van der Waals surface area contributed by atoms with Gasteiger partial charge in [-0.2, -0.15) is 0 Å². The highest BCUT2D eigenvalue weighted by molar-refractivity contribution is 7.47. The van der Waals surface area contributed by atoms with Crippen molar-refractivity contribution in [2.45, 2.75) is 192 Å². The summed E-state index contributed by atoms with van der Waals surface area (Å²) >= 11 is 0. The molecule has 0 aromatic carbocycles. The van der Waals surface area contributed by atoms with Crippen molar-refractivity contribution in [1.82, 2.24) is 0 Å². The van der Waals surface area contributed by atoms with Crippen molar-refractivity contribution >= 4 is 19.8 Å². The van der Waals surface area contributed by atoms with Crippen molar-refractivity contribution in [2.75, 3.05) is 26.4 Å². The largest absolute Gasteiger partial charge is 0.472 e. The van der Waals surface area contributed by atoms with Crippen LogP contribution in [-0.4, -0.2) is 89.2 Å². The number of phosphoric acid groups is 1. The Morgan fingerprint density at radius 3 is 2.07 bits per heavy atom. The summed E-state index contributed by atoms with van der Waals surface area (Å²) < 4.78 is 38.4. The molecule has 0 aromatic rings. The zero-order valence-corrected chi connectivity index (χ0v) is 36.0. The van der Waals surface area contributed by atoms with E-state index in [-0.39, 0.29) is 44.9 Å². The predicted molar refractivity (Wildman–Crippen MR) is 223 cm³/mol. The standard InChI is InChI=1S/C43H78NO12P/c1-3-5-7-8-9-10-11-12-13-14-15-16-17-18-23-27-41(47)52-34-37(35-54-57(50,51)53-32-31-44)55-42(48)28-24-20-19-22-26-38-39(46)33-43(49)56-40(38)30-29-36(45)25-21-6-4-2/h12-13,19,22,29-30,36-40,43,45-46,49H,3-11,14-18,20-21,23-28,31-35,44H2,1-2H3,(H,50,51)/b13-12-,22-19-,30-29+/t36-,37+,38-,39-,40+,43?/m0/s1. The lowest BCUT2D eigenvalue weighted by atomic mass is 9.87. The number of carbonyl (C=O) groups is 2. The number of carbonyl (C=O) groups excluding carboxylic acids is 2. The molecule has 1 saturated heterocycles. The Labute approximate surface area is 343 Å². The third-order valence-corrected chi connectivity index (χ3v) is 10.8. The van der Waals surface area contributed by atoms with Gasteiger partial charge in [-0.3, -0.25) is 18.6 Å². The molecule has 332 valence electrons. The van der Waals surface area contributed by atoms with Crippen molar-refractivity contribution in [3.05, 3.63) is 36.5 Å². The Balaban J connectivity index is 2.46. The van der Waals surface area contributed by atoms with Gasteiger partial charge in [0.25, 0.3) is 0 Å². The molecule has 1 rings (SSSR count). The number of ether oxygens (including phenoxy) is 3. The zero-order chi connectivity index (χ0) is 42.0. The molecule has 0 radical (unpaired) electrons. The van der Waals surface area contributed by atoms with Gasteiger partial charge in [-0.1, -0.05) is 121 Å². The van der Waals surface area contributed by atoms with Crippen LogP contribution in [0.25, 0.3) is 0 Å². The van der Waals surface area contributed by atoms with Crippen molar-refractivity contribution in [3.8, 4) is 0 Å². The van der Waals surface area contributed by atoms with E-state index in [0.717, 1.165) is 57.8 Å². The van der Waals surface area contributed by atoms with Gasteiger partial charge in [0.2, 0.25) is 0 Å². The number of allylic oxidation sites excluding steroid dienone is 4. The zero-order valence-electron chi connectivity index (χ0n) is 35.1. The van der Waals surface area contributed by atoms with Gasteiger partial charge in [0.15, 0.2) is 12.4 Å². The van der Waals surface area contributed by atoms with E-state index in [4.69, 9.17) is 29.0 Å². The molecule has 2 unspecified atom stereocenters. The molecule has 1 fully saturated rings. The highest BCUT2D eigenvalue weighted by Gasteiger charge is 2.35. The summed E-state index contributed by atoms with van der Waals surface area (Å²) in [5.74, 6) is -1.35. The fourth-order valence-electron chi connectivity index (χ4n) is 6.43. The first kappa shape index (κ1) is 53.1. The Morgan fingerprint density at radius 1 is 0.789 bits per heavy atom. The lowest BCUT2D eigenvalue weighted by Crippen LogP contribution is -2.43. The summed E-state index contributed by atoms with van der Waals surface area (Å²) in [6.07, 6.45) is 27.9. The topological polar surface area (TPSA) is 204 Å². The van der Waals surface area contributed by atoms with Crippen LogP contribution in [0.4, 0.5) is 0 Å². The van der Waals surface area contributed by atoms with E-state index in [1.807, 2.05) is 12.2 Å². The summed E-state index contributed by atoms with van der Waals surface area (Å²) in [5, 5.41) is 30.9. The van der Waals surface area contributed by atoms with Crippen LogP contribution in [0.1, 0.15) is 162 Å². The molecule has 0 saturated carbocycles. The second-order valence-corrected chi connectivity index (χ2v) is 16.5. The lowest BCUT2D eigenvalue weighted by Gasteiger charge is -2.36. The Hall–Kier alpha value is -1.93. The molecule has 0 amide bonds. The van der Waals surface area contributed by atoms with E-state index in [9.17, 15) is 34.4 Å². The van der Waals surface area contributed by atoms with Crippen LogP contribution in [0, 0.1) is 5.92 Å². The molecule has 0 spiro atoms. The minimum Gasteiger partial charge on any atom is -0.462 e. The van der Waals surface area contributed by atoms with Crippen molar-refractivity contribution in [1.29, 1.82) is 0 Å². The normalized spacial score (nSPS) is 21.0. The molecule has 57 heavy (non-hydrogen) atoms. The number of aliphatic hydroxyl groups excluding tert-OH is 3. The van der Waals surface area contributed by atoms with Crippen LogP contribution in [-0.2, 0) is 37.4 Å². The Morgan fingerprint density at radius 2 is 1.39 bits per heavy atom. The summed E-state index contributed by atoms with van der Waals surface area (Å²) in [6, 6.07) is 0. The highest BCUT2D eigenvalue weighted by Crippen LogP contribution is 2.43. The van der Waals surface area contributed by atoms with Crippen LogP contribution in [0.2, 0.25) is 0 Å². The van der Waals surface area contributed by atoms with E-state index in [2.05, 4.69) is 26.0 Å². The monoisotopic (exact) mass is 832 g/mol.